The fourth-order valence-electron chi connectivity index (χ4n) is 1.32. The summed E-state index contributed by atoms with van der Waals surface area (Å²) in [6, 6.07) is 4.98. The molecule has 2 rings (SSSR count). The van der Waals surface area contributed by atoms with Crippen LogP contribution in [0.3, 0.4) is 0 Å². The van der Waals surface area contributed by atoms with Crippen LogP contribution in [0.1, 0.15) is 0 Å². The maximum Gasteiger partial charge on any atom is 0.573 e. The van der Waals surface area contributed by atoms with Crippen molar-refractivity contribution in [1.82, 2.24) is 14.8 Å². The first kappa shape index (κ1) is 12.0. The van der Waals surface area contributed by atoms with Gasteiger partial charge < -0.3 is 16.2 Å². The van der Waals surface area contributed by atoms with Crippen LogP contribution in [0.25, 0.3) is 5.69 Å². The van der Waals surface area contributed by atoms with Crippen LogP contribution in [-0.4, -0.2) is 21.1 Å². The molecule has 0 fully saturated rings. The van der Waals surface area contributed by atoms with Crippen molar-refractivity contribution in [3.63, 3.8) is 0 Å². The number of anilines is 2. The predicted octanol–water partition coefficient (Wildman–Crippen LogP) is 1.33. The predicted molar refractivity (Wildman–Crippen MR) is 56.9 cm³/mol. The monoisotopic (exact) mass is 259 g/mol. The van der Waals surface area contributed by atoms with Crippen molar-refractivity contribution in [2.45, 2.75) is 6.36 Å². The van der Waals surface area contributed by atoms with Crippen LogP contribution in [0.15, 0.2) is 24.3 Å². The van der Waals surface area contributed by atoms with E-state index in [0.717, 1.165) is 12.1 Å². The molecule has 6 nitrogen and oxygen atoms in total. The second kappa shape index (κ2) is 4.09. The standard InChI is InChI=1S/C9H8F3N5O/c10-9(11,12)18-6-3-1-5(2-4-6)17-8(14)15-7(13)16-17/h1-4H,(H4,13,14,15,16). The number of hydrogen-bond acceptors (Lipinski definition) is 5. The van der Waals surface area contributed by atoms with E-state index in [1.807, 2.05) is 0 Å². The fraction of sp³-hybridized carbons (Fsp3) is 0.111. The van der Waals surface area contributed by atoms with Gasteiger partial charge in [0.1, 0.15) is 5.75 Å². The number of nitrogens with zero attached hydrogens (tertiary/aromatic N) is 3. The van der Waals surface area contributed by atoms with Gasteiger partial charge in [0.15, 0.2) is 0 Å². The Kier molecular flexibility index (Phi) is 2.73. The summed E-state index contributed by atoms with van der Waals surface area (Å²) in [5.74, 6) is -0.321. The van der Waals surface area contributed by atoms with Crippen molar-refractivity contribution < 1.29 is 17.9 Å². The zero-order valence-corrected chi connectivity index (χ0v) is 8.85. The average Bonchev–Trinajstić information content (AvgIpc) is 2.57. The number of aromatic nitrogens is 3. The van der Waals surface area contributed by atoms with E-state index in [1.165, 1.54) is 16.8 Å². The molecule has 18 heavy (non-hydrogen) atoms. The number of ether oxygens (including phenoxy) is 1. The molecule has 96 valence electrons. The third-order valence-electron chi connectivity index (χ3n) is 1.96. The number of benzene rings is 1. The number of halogens is 3. The van der Waals surface area contributed by atoms with Gasteiger partial charge in [0, 0.05) is 0 Å². The van der Waals surface area contributed by atoms with Crippen LogP contribution in [0.2, 0.25) is 0 Å². The SMILES string of the molecule is Nc1nc(N)n(-c2ccc(OC(F)(F)F)cc2)n1. The number of alkyl halides is 3. The summed E-state index contributed by atoms with van der Waals surface area (Å²) in [5.41, 5.74) is 11.3. The first-order valence-electron chi connectivity index (χ1n) is 4.69. The summed E-state index contributed by atoms with van der Waals surface area (Å²) in [6.07, 6.45) is -4.72. The van der Waals surface area contributed by atoms with Crippen molar-refractivity contribution in [1.29, 1.82) is 0 Å². The summed E-state index contributed by atoms with van der Waals surface area (Å²) >= 11 is 0. The van der Waals surface area contributed by atoms with Gasteiger partial charge in [0.05, 0.1) is 5.69 Å². The minimum absolute atomic E-state index is 0.0249. The van der Waals surface area contributed by atoms with E-state index in [1.54, 1.807) is 0 Å². The second-order valence-electron chi connectivity index (χ2n) is 3.28. The molecule has 0 atom stereocenters. The largest absolute Gasteiger partial charge is 0.573 e. The molecule has 0 bridgehead atoms. The lowest BCUT2D eigenvalue weighted by Crippen LogP contribution is -2.17. The van der Waals surface area contributed by atoms with Gasteiger partial charge in [0.25, 0.3) is 0 Å². The Bertz CT molecular complexity index is 548. The Hall–Kier alpha value is -2.45. The summed E-state index contributed by atoms with van der Waals surface area (Å²) in [4.78, 5) is 3.67. The number of nitrogens with two attached hydrogens (primary N) is 2. The molecule has 0 spiro atoms. The fourth-order valence-corrected chi connectivity index (χ4v) is 1.32. The van der Waals surface area contributed by atoms with Crippen molar-refractivity contribution >= 4 is 11.9 Å². The van der Waals surface area contributed by atoms with Crippen molar-refractivity contribution in [2.75, 3.05) is 11.5 Å². The first-order valence-corrected chi connectivity index (χ1v) is 4.69. The molecular weight excluding hydrogens is 251 g/mol. The normalized spacial score (nSPS) is 11.5. The highest BCUT2D eigenvalue weighted by Gasteiger charge is 2.30. The molecule has 1 heterocycles. The van der Waals surface area contributed by atoms with Crippen molar-refractivity contribution in [3.05, 3.63) is 24.3 Å². The lowest BCUT2D eigenvalue weighted by molar-refractivity contribution is -0.274. The maximum absolute atomic E-state index is 11.9. The molecule has 0 aliphatic carbocycles. The average molecular weight is 259 g/mol. The van der Waals surface area contributed by atoms with Gasteiger partial charge in [-0.3, -0.25) is 0 Å². The number of rotatable bonds is 2. The van der Waals surface area contributed by atoms with Crippen molar-refractivity contribution in [2.24, 2.45) is 0 Å². The molecule has 0 aliphatic heterocycles. The summed E-state index contributed by atoms with van der Waals surface area (Å²) < 4.78 is 40.8. The number of nitrogen functional groups attached to an aromatic ring is 2. The van der Waals surface area contributed by atoms with Gasteiger partial charge >= 0.3 is 6.36 Å². The first-order chi connectivity index (χ1) is 8.35. The zero-order valence-electron chi connectivity index (χ0n) is 8.85. The topological polar surface area (TPSA) is 92.0 Å². The molecule has 0 unspecified atom stereocenters. The summed E-state index contributed by atoms with van der Waals surface area (Å²) in [6.45, 7) is 0. The van der Waals surface area contributed by atoms with Crippen molar-refractivity contribution in [3.8, 4) is 11.4 Å². The molecule has 0 saturated carbocycles. The van der Waals surface area contributed by atoms with E-state index in [9.17, 15) is 13.2 Å². The minimum Gasteiger partial charge on any atom is -0.406 e. The van der Waals surface area contributed by atoms with E-state index in [-0.39, 0.29) is 17.6 Å². The molecule has 1 aromatic heterocycles. The van der Waals surface area contributed by atoms with E-state index < -0.39 is 6.36 Å². The molecule has 0 amide bonds. The Morgan fingerprint density at radius 1 is 1.11 bits per heavy atom. The van der Waals surface area contributed by atoms with Crippen LogP contribution in [0, 0.1) is 0 Å². The molecule has 2 aromatic rings. The molecule has 0 saturated heterocycles. The highest BCUT2D eigenvalue weighted by molar-refractivity contribution is 5.42. The second-order valence-corrected chi connectivity index (χ2v) is 3.28. The molecule has 9 heteroatoms. The van der Waals surface area contributed by atoms with Gasteiger partial charge in [-0.05, 0) is 24.3 Å². The Balaban J connectivity index is 2.25. The lowest BCUT2D eigenvalue weighted by atomic mass is 10.3. The van der Waals surface area contributed by atoms with Crippen LogP contribution >= 0.6 is 0 Å². The minimum atomic E-state index is -4.72. The van der Waals surface area contributed by atoms with E-state index in [0.29, 0.717) is 5.69 Å². The molecule has 1 aromatic carbocycles. The molecule has 4 N–H and O–H groups in total. The summed E-state index contributed by atoms with van der Waals surface area (Å²) in [7, 11) is 0. The van der Waals surface area contributed by atoms with E-state index in [2.05, 4.69) is 14.8 Å². The zero-order chi connectivity index (χ0) is 13.3. The quantitative estimate of drug-likeness (QED) is 0.848. The van der Waals surface area contributed by atoms with Gasteiger partial charge in [-0.2, -0.15) is 9.67 Å². The highest BCUT2D eigenvalue weighted by Crippen LogP contribution is 2.24. The Morgan fingerprint density at radius 2 is 1.72 bits per heavy atom. The van der Waals surface area contributed by atoms with Crippen LogP contribution in [0.5, 0.6) is 5.75 Å². The third kappa shape index (κ3) is 2.62. The Labute approximate surface area is 99.0 Å². The van der Waals surface area contributed by atoms with Gasteiger partial charge in [0.2, 0.25) is 11.9 Å². The maximum atomic E-state index is 11.9. The number of hydrogen-bond donors (Lipinski definition) is 2. The molecule has 0 aliphatic rings. The molecule has 0 radical (unpaired) electrons. The van der Waals surface area contributed by atoms with Crippen LogP contribution in [0.4, 0.5) is 25.1 Å². The van der Waals surface area contributed by atoms with Gasteiger partial charge in [-0.1, -0.05) is 0 Å². The highest BCUT2D eigenvalue weighted by atomic mass is 19.4. The smallest absolute Gasteiger partial charge is 0.406 e. The van der Waals surface area contributed by atoms with E-state index >= 15 is 0 Å². The van der Waals surface area contributed by atoms with Crippen LogP contribution < -0.4 is 16.2 Å². The molecular formula is C9H8F3N5O. The van der Waals surface area contributed by atoms with Crippen LogP contribution in [-0.2, 0) is 0 Å². The van der Waals surface area contributed by atoms with Gasteiger partial charge in [-0.25, -0.2) is 0 Å². The van der Waals surface area contributed by atoms with E-state index in [4.69, 9.17) is 11.5 Å². The van der Waals surface area contributed by atoms with Gasteiger partial charge in [-0.15, -0.1) is 18.3 Å². The third-order valence-corrected chi connectivity index (χ3v) is 1.96. The lowest BCUT2D eigenvalue weighted by Gasteiger charge is -2.09. The summed E-state index contributed by atoms with van der Waals surface area (Å²) in [5, 5.41) is 3.78. The Morgan fingerprint density at radius 3 is 2.17 bits per heavy atom.